The van der Waals surface area contributed by atoms with Crippen molar-refractivity contribution in [1.82, 2.24) is 9.78 Å². The number of hydrogen-bond donors (Lipinski definition) is 0. The maximum absolute atomic E-state index is 5.27. The molecule has 66 valence electrons. The van der Waals surface area contributed by atoms with E-state index in [1.807, 2.05) is 30.3 Å². The van der Waals surface area contributed by atoms with E-state index in [9.17, 15) is 0 Å². The largest absolute Gasteiger partial charge is 0.409 e. The van der Waals surface area contributed by atoms with Crippen LogP contribution in [-0.2, 0) is 7.05 Å². The topological polar surface area (TPSA) is 31.0 Å². The molecule has 0 amide bonds. The van der Waals surface area contributed by atoms with Crippen LogP contribution >= 0.6 is 12.2 Å². The minimum Gasteiger partial charge on any atom is -0.409 e. The Hall–Kier alpha value is -1.42. The zero-order chi connectivity index (χ0) is 9.26. The lowest BCUT2D eigenvalue weighted by Gasteiger charge is -1.90. The highest BCUT2D eigenvalue weighted by molar-refractivity contribution is 7.71. The number of aryl methyl sites for hydroxylation is 1. The number of rotatable bonds is 1. The fourth-order valence-corrected chi connectivity index (χ4v) is 1.16. The summed E-state index contributed by atoms with van der Waals surface area (Å²) < 4.78 is 6.81. The Morgan fingerprint density at radius 2 is 2.00 bits per heavy atom. The van der Waals surface area contributed by atoms with Crippen LogP contribution < -0.4 is 0 Å². The first kappa shape index (κ1) is 8.19. The molecule has 2 rings (SSSR count). The third kappa shape index (κ3) is 1.53. The average molecular weight is 192 g/mol. The minimum absolute atomic E-state index is 0.388. The fourth-order valence-electron chi connectivity index (χ4n) is 1.04. The van der Waals surface area contributed by atoms with Crippen molar-refractivity contribution in [2.75, 3.05) is 0 Å². The van der Waals surface area contributed by atoms with E-state index in [0.717, 1.165) is 5.56 Å². The Kier molecular flexibility index (Phi) is 1.98. The molecule has 0 aliphatic rings. The molecule has 1 heterocycles. The molecular formula is C9H8N2OS. The van der Waals surface area contributed by atoms with Crippen molar-refractivity contribution in [2.24, 2.45) is 7.05 Å². The molecule has 0 saturated heterocycles. The third-order valence-corrected chi connectivity index (χ3v) is 2.06. The molecule has 0 aliphatic carbocycles. The Bertz CT molecular complexity index is 458. The molecule has 0 fully saturated rings. The summed E-state index contributed by atoms with van der Waals surface area (Å²) in [5, 5.41) is 4.13. The summed E-state index contributed by atoms with van der Waals surface area (Å²) >= 11 is 4.91. The average Bonchev–Trinajstić information content (AvgIpc) is 2.49. The molecule has 0 bridgehead atoms. The second kappa shape index (κ2) is 3.14. The van der Waals surface area contributed by atoms with Gasteiger partial charge in [0.05, 0.1) is 0 Å². The van der Waals surface area contributed by atoms with E-state index in [1.54, 1.807) is 7.05 Å². The molecule has 0 N–H and O–H groups in total. The van der Waals surface area contributed by atoms with Crippen molar-refractivity contribution >= 4 is 12.2 Å². The zero-order valence-electron chi connectivity index (χ0n) is 7.10. The van der Waals surface area contributed by atoms with Gasteiger partial charge in [0, 0.05) is 12.6 Å². The summed E-state index contributed by atoms with van der Waals surface area (Å²) in [6.07, 6.45) is 0. The molecule has 4 heteroatoms. The monoisotopic (exact) mass is 192 g/mol. The lowest BCUT2D eigenvalue weighted by molar-refractivity contribution is 0.534. The van der Waals surface area contributed by atoms with Crippen molar-refractivity contribution in [1.29, 1.82) is 0 Å². The van der Waals surface area contributed by atoms with Crippen molar-refractivity contribution in [3.63, 3.8) is 0 Å². The van der Waals surface area contributed by atoms with E-state index in [0.29, 0.717) is 10.7 Å². The van der Waals surface area contributed by atoms with Gasteiger partial charge >= 0.3 is 0 Å². The maximum Gasteiger partial charge on any atom is 0.287 e. The van der Waals surface area contributed by atoms with Gasteiger partial charge < -0.3 is 4.42 Å². The molecule has 1 aromatic carbocycles. The third-order valence-electron chi connectivity index (χ3n) is 1.71. The van der Waals surface area contributed by atoms with Crippen LogP contribution in [0.3, 0.4) is 0 Å². The van der Waals surface area contributed by atoms with Gasteiger partial charge in [0.1, 0.15) is 0 Å². The number of benzene rings is 1. The lowest BCUT2D eigenvalue weighted by atomic mass is 10.2. The summed E-state index contributed by atoms with van der Waals surface area (Å²) in [5.74, 6) is 0.563. The van der Waals surface area contributed by atoms with Crippen molar-refractivity contribution in [3.05, 3.63) is 35.2 Å². The number of hydrogen-bond acceptors (Lipinski definition) is 3. The van der Waals surface area contributed by atoms with Crippen LogP contribution in [0.5, 0.6) is 0 Å². The first-order chi connectivity index (χ1) is 6.27. The Morgan fingerprint density at radius 3 is 2.54 bits per heavy atom. The maximum atomic E-state index is 5.27. The number of aromatic nitrogens is 2. The molecule has 0 saturated carbocycles. The molecule has 0 atom stereocenters. The van der Waals surface area contributed by atoms with Gasteiger partial charge in [0.25, 0.3) is 4.84 Å². The smallest absolute Gasteiger partial charge is 0.287 e. The SMILES string of the molecule is Cn1nc(-c2ccccc2)oc1=S. The van der Waals surface area contributed by atoms with E-state index >= 15 is 0 Å². The Labute approximate surface area is 80.6 Å². The molecule has 13 heavy (non-hydrogen) atoms. The molecule has 1 aromatic heterocycles. The van der Waals surface area contributed by atoms with Gasteiger partial charge in [-0.3, -0.25) is 0 Å². The van der Waals surface area contributed by atoms with E-state index in [4.69, 9.17) is 16.6 Å². The molecule has 3 nitrogen and oxygen atoms in total. The second-order valence-electron chi connectivity index (χ2n) is 2.66. The summed E-state index contributed by atoms with van der Waals surface area (Å²) in [6.45, 7) is 0. The second-order valence-corrected chi connectivity index (χ2v) is 3.01. The van der Waals surface area contributed by atoms with Crippen LogP contribution in [0.15, 0.2) is 34.7 Å². The number of nitrogens with zero attached hydrogens (tertiary/aromatic N) is 2. The van der Waals surface area contributed by atoms with Gasteiger partial charge in [-0.05, 0) is 24.4 Å². The van der Waals surface area contributed by atoms with E-state index in [-0.39, 0.29) is 0 Å². The summed E-state index contributed by atoms with van der Waals surface area (Å²) in [5.41, 5.74) is 0.939. The van der Waals surface area contributed by atoms with Crippen LogP contribution in [0.4, 0.5) is 0 Å². The zero-order valence-corrected chi connectivity index (χ0v) is 7.91. The first-order valence-electron chi connectivity index (χ1n) is 3.87. The van der Waals surface area contributed by atoms with Gasteiger partial charge in [-0.15, -0.1) is 5.10 Å². The lowest BCUT2D eigenvalue weighted by Crippen LogP contribution is -1.89. The molecule has 2 aromatic rings. The van der Waals surface area contributed by atoms with Crippen LogP contribution in [0.2, 0.25) is 0 Å². The summed E-state index contributed by atoms with van der Waals surface area (Å²) in [6, 6.07) is 9.67. The van der Waals surface area contributed by atoms with E-state index in [1.165, 1.54) is 4.68 Å². The Morgan fingerprint density at radius 1 is 1.31 bits per heavy atom. The van der Waals surface area contributed by atoms with Gasteiger partial charge in [0.2, 0.25) is 5.89 Å². The van der Waals surface area contributed by atoms with E-state index in [2.05, 4.69) is 5.10 Å². The first-order valence-corrected chi connectivity index (χ1v) is 4.28. The van der Waals surface area contributed by atoms with Crippen molar-refractivity contribution < 1.29 is 4.42 Å². The van der Waals surface area contributed by atoms with Crippen LogP contribution in [-0.4, -0.2) is 9.78 Å². The summed E-state index contributed by atoms with van der Waals surface area (Å²) in [4.78, 5) is 0.388. The highest BCUT2D eigenvalue weighted by Gasteiger charge is 2.03. The van der Waals surface area contributed by atoms with Gasteiger partial charge in [-0.2, -0.15) is 0 Å². The normalized spacial score (nSPS) is 10.2. The fraction of sp³-hybridized carbons (Fsp3) is 0.111. The van der Waals surface area contributed by atoms with Gasteiger partial charge in [0.15, 0.2) is 0 Å². The molecule has 0 spiro atoms. The minimum atomic E-state index is 0.388. The Balaban J connectivity index is 2.54. The van der Waals surface area contributed by atoms with Gasteiger partial charge in [-0.1, -0.05) is 18.2 Å². The quantitative estimate of drug-likeness (QED) is 0.650. The highest BCUT2D eigenvalue weighted by Crippen LogP contribution is 2.15. The van der Waals surface area contributed by atoms with Gasteiger partial charge in [-0.25, -0.2) is 4.68 Å². The molecule has 0 unspecified atom stereocenters. The molecule has 0 aliphatic heterocycles. The predicted molar refractivity (Wildman–Crippen MR) is 51.7 cm³/mol. The molecule has 0 radical (unpaired) electrons. The van der Waals surface area contributed by atoms with Crippen LogP contribution in [0.25, 0.3) is 11.5 Å². The van der Waals surface area contributed by atoms with E-state index < -0.39 is 0 Å². The van der Waals surface area contributed by atoms with Crippen LogP contribution in [0.1, 0.15) is 0 Å². The standard InChI is InChI=1S/C9H8N2OS/c1-11-9(13)12-8(10-11)7-5-3-2-4-6-7/h2-6H,1H3. The van der Waals surface area contributed by atoms with Crippen molar-refractivity contribution in [2.45, 2.75) is 0 Å². The van der Waals surface area contributed by atoms with Crippen LogP contribution in [0, 0.1) is 4.84 Å². The van der Waals surface area contributed by atoms with Crippen molar-refractivity contribution in [3.8, 4) is 11.5 Å². The summed E-state index contributed by atoms with van der Waals surface area (Å²) in [7, 11) is 1.76. The molecular weight excluding hydrogens is 184 g/mol. The predicted octanol–water partition coefficient (Wildman–Crippen LogP) is 2.41. The highest BCUT2D eigenvalue weighted by atomic mass is 32.1.